The summed E-state index contributed by atoms with van der Waals surface area (Å²) in [5.74, 6) is -0.200. The maximum Gasteiger partial charge on any atom is 0.323 e. The molecular weight excluding hydrogens is 302 g/mol. The molecule has 3 rings (SSSR count). The molecule has 2 aromatic carbocycles. The van der Waals surface area contributed by atoms with Gasteiger partial charge in [-0.3, -0.25) is 9.69 Å². The molecule has 0 saturated carbocycles. The van der Waals surface area contributed by atoms with E-state index in [4.69, 9.17) is 9.47 Å². The molecule has 24 heavy (non-hydrogen) atoms. The van der Waals surface area contributed by atoms with Gasteiger partial charge >= 0.3 is 5.97 Å². The van der Waals surface area contributed by atoms with Crippen LogP contribution in [0.1, 0.15) is 12.0 Å². The van der Waals surface area contributed by atoms with E-state index in [1.54, 1.807) is 6.08 Å². The van der Waals surface area contributed by atoms with Crippen LogP contribution in [-0.4, -0.2) is 43.2 Å². The van der Waals surface area contributed by atoms with Gasteiger partial charge in [0, 0.05) is 13.0 Å². The highest BCUT2D eigenvalue weighted by atomic mass is 16.5. The zero-order chi connectivity index (χ0) is 16.9. The summed E-state index contributed by atoms with van der Waals surface area (Å²) in [7, 11) is 1.93. The van der Waals surface area contributed by atoms with Crippen LogP contribution in [-0.2, 0) is 20.9 Å². The number of rotatable bonds is 6. The maximum atomic E-state index is 12.0. The topological polar surface area (TPSA) is 38.8 Å². The van der Waals surface area contributed by atoms with Crippen molar-refractivity contribution in [2.24, 2.45) is 0 Å². The number of nitrogens with zero attached hydrogens (tertiary/aromatic N) is 1. The van der Waals surface area contributed by atoms with Crippen LogP contribution in [0, 0.1) is 0 Å². The second-order valence-electron chi connectivity index (χ2n) is 6.18. The SMILES string of the molecule is C=CCOC(=O)[C@@H]1C[C@@H](OCc2cccc3ccccc23)CN1C. The minimum absolute atomic E-state index is 0.0373. The van der Waals surface area contributed by atoms with Crippen molar-refractivity contribution in [1.29, 1.82) is 0 Å². The number of likely N-dealkylation sites (N-methyl/N-ethyl adjacent to an activating group) is 1. The smallest absolute Gasteiger partial charge is 0.323 e. The lowest BCUT2D eigenvalue weighted by Gasteiger charge is -2.16. The van der Waals surface area contributed by atoms with Gasteiger partial charge in [-0.15, -0.1) is 0 Å². The highest BCUT2D eigenvalue weighted by Gasteiger charge is 2.36. The lowest BCUT2D eigenvalue weighted by Crippen LogP contribution is -2.34. The maximum absolute atomic E-state index is 12.0. The first kappa shape index (κ1) is 16.7. The minimum atomic E-state index is -0.234. The van der Waals surface area contributed by atoms with Gasteiger partial charge in [0.15, 0.2) is 0 Å². The van der Waals surface area contributed by atoms with Crippen molar-refractivity contribution in [3.05, 3.63) is 60.7 Å². The quantitative estimate of drug-likeness (QED) is 0.604. The van der Waals surface area contributed by atoms with E-state index in [9.17, 15) is 4.79 Å². The van der Waals surface area contributed by atoms with E-state index in [1.807, 2.05) is 24.1 Å². The fourth-order valence-electron chi connectivity index (χ4n) is 3.21. The van der Waals surface area contributed by atoms with E-state index in [2.05, 4.69) is 36.9 Å². The monoisotopic (exact) mass is 325 g/mol. The summed E-state index contributed by atoms with van der Waals surface area (Å²) in [5.41, 5.74) is 1.17. The van der Waals surface area contributed by atoms with Crippen LogP contribution in [0.4, 0.5) is 0 Å². The normalized spacial score (nSPS) is 21.0. The summed E-state index contributed by atoms with van der Waals surface area (Å²) in [6, 6.07) is 14.3. The zero-order valence-electron chi connectivity index (χ0n) is 14.0. The molecule has 4 nitrogen and oxygen atoms in total. The van der Waals surface area contributed by atoms with E-state index in [-0.39, 0.29) is 24.7 Å². The molecule has 0 unspecified atom stereocenters. The van der Waals surface area contributed by atoms with Gasteiger partial charge in [-0.1, -0.05) is 55.1 Å². The molecule has 0 N–H and O–H groups in total. The van der Waals surface area contributed by atoms with E-state index < -0.39 is 0 Å². The molecule has 0 amide bonds. The fourth-order valence-corrected chi connectivity index (χ4v) is 3.21. The number of hydrogen-bond donors (Lipinski definition) is 0. The molecule has 0 aromatic heterocycles. The molecular formula is C20H23NO3. The molecule has 0 aliphatic carbocycles. The molecule has 1 fully saturated rings. The summed E-state index contributed by atoms with van der Waals surface area (Å²) in [4.78, 5) is 14.0. The predicted molar refractivity (Wildman–Crippen MR) is 94.7 cm³/mol. The van der Waals surface area contributed by atoms with Gasteiger partial charge in [0.1, 0.15) is 12.6 Å². The van der Waals surface area contributed by atoms with E-state index in [0.29, 0.717) is 13.0 Å². The largest absolute Gasteiger partial charge is 0.460 e. The van der Waals surface area contributed by atoms with Crippen molar-refractivity contribution >= 4 is 16.7 Å². The van der Waals surface area contributed by atoms with Crippen LogP contribution >= 0.6 is 0 Å². The summed E-state index contributed by atoms with van der Waals surface area (Å²) >= 11 is 0. The first-order chi connectivity index (χ1) is 11.7. The summed E-state index contributed by atoms with van der Waals surface area (Å²) < 4.78 is 11.2. The number of esters is 1. The van der Waals surface area contributed by atoms with Crippen molar-refractivity contribution < 1.29 is 14.3 Å². The summed E-state index contributed by atoms with van der Waals surface area (Å²) in [6.45, 7) is 5.10. The lowest BCUT2D eigenvalue weighted by molar-refractivity contribution is -0.147. The molecule has 126 valence electrons. The Balaban J connectivity index is 1.61. The van der Waals surface area contributed by atoms with Crippen molar-refractivity contribution in [3.63, 3.8) is 0 Å². The van der Waals surface area contributed by atoms with Crippen molar-refractivity contribution in [2.75, 3.05) is 20.2 Å². The standard InChI is InChI=1S/C20H23NO3/c1-3-11-23-20(22)19-12-17(13-21(19)2)24-14-16-9-6-8-15-7-4-5-10-18(15)16/h3-10,17,19H,1,11-14H2,2H3/t17-,19+/m1/s1. The molecule has 0 bridgehead atoms. The van der Waals surface area contributed by atoms with Crippen LogP contribution in [0.2, 0.25) is 0 Å². The summed E-state index contributed by atoms with van der Waals surface area (Å²) in [5, 5.41) is 2.43. The van der Waals surface area contributed by atoms with Crippen LogP contribution in [0.5, 0.6) is 0 Å². The van der Waals surface area contributed by atoms with Crippen molar-refractivity contribution in [3.8, 4) is 0 Å². The average Bonchev–Trinajstić information content (AvgIpc) is 2.98. The van der Waals surface area contributed by atoms with Crippen LogP contribution < -0.4 is 0 Å². The van der Waals surface area contributed by atoms with Gasteiger partial charge in [0.05, 0.1) is 12.7 Å². The molecule has 2 atom stereocenters. The van der Waals surface area contributed by atoms with Gasteiger partial charge in [-0.25, -0.2) is 0 Å². The Morgan fingerprint density at radius 3 is 2.92 bits per heavy atom. The molecule has 1 saturated heterocycles. The Morgan fingerprint density at radius 2 is 2.08 bits per heavy atom. The number of carbonyl (C=O) groups excluding carboxylic acids is 1. The Bertz CT molecular complexity index is 722. The van der Waals surface area contributed by atoms with Crippen LogP contribution in [0.15, 0.2) is 55.1 Å². The minimum Gasteiger partial charge on any atom is -0.460 e. The van der Waals surface area contributed by atoms with Crippen molar-refractivity contribution in [1.82, 2.24) is 4.90 Å². The third-order valence-corrected chi connectivity index (χ3v) is 4.48. The van der Waals surface area contributed by atoms with E-state index in [1.165, 1.54) is 16.3 Å². The van der Waals surface area contributed by atoms with Crippen LogP contribution in [0.25, 0.3) is 10.8 Å². The number of fused-ring (bicyclic) bond motifs is 1. The first-order valence-corrected chi connectivity index (χ1v) is 8.25. The Kier molecular flexibility index (Phi) is 5.28. The number of ether oxygens (including phenoxy) is 2. The molecule has 4 heteroatoms. The van der Waals surface area contributed by atoms with Crippen LogP contribution in [0.3, 0.4) is 0 Å². The molecule has 1 aliphatic rings. The summed E-state index contributed by atoms with van der Waals surface area (Å²) in [6.07, 6.45) is 2.29. The Morgan fingerprint density at radius 1 is 1.29 bits per heavy atom. The first-order valence-electron chi connectivity index (χ1n) is 8.25. The number of hydrogen-bond acceptors (Lipinski definition) is 4. The molecule has 1 aliphatic heterocycles. The number of likely N-dealkylation sites (tertiary alicyclic amines) is 1. The Labute approximate surface area is 142 Å². The fraction of sp³-hybridized carbons (Fsp3) is 0.350. The third-order valence-electron chi connectivity index (χ3n) is 4.48. The third kappa shape index (κ3) is 3.66. The van der Waals surface area contributed by atoms with Gasteiger partial charge in [-0.2, -0.15) is 0 Å². The van der Waals surface area contributed by atoms with Gasteiger partial charge in [0.25, 0.3) is 0 Å². The highest BCUT2D eigenvalue weighted by Crippen LogP contribution is 2.23. The second-order valence-corrected chi connectivity index (χ2v) is 6.18. The van der Waals surface area contributed by atoms with E-state index in [0.717, 1.165) is 6.54 Å². The van der Waals surface area contributed by atoms with Gasteiger partial charge < -0.3 is 9.47 Å². The van der Waals surface area contributed by atoms with E-state index >= 15 is 0 Å². The average molecular weight is 325 g/mol. The second kappa shape index (κ2) is 7.60. The predicted octanol–water partition coefficient (Wildman–Crippen LogP) is 3.16. The van der Waals surface area contributed by atoms with Gasteiger partial charge in [0.2, 0.25) is 0 Å². The molecule has 2 aromatic rings. The lowest BCUT2D eigenvalue weighted by atomic mass is 10.1. The van der Waals surface area contributed by atoms with Gasteiger partial charge in [-0.05, 0) is 23.4 Å². The number of carbonyl (C=O) groups is 1. The van der Waals surface area contributed by atoms with Crippen molar-refractivity contribution in [2.45, 2.75) is 25.2 Å². The molecule has 1 heterocycles. The highest BCUT2D eigenvalue weighted by molar-refractivity contribution is 5.85. The number of benzene rings is 2. The Hall–Kier alpha value is -2.17. The molecule has 0 spiro atoms. The molecule has 0 radical (unpaired) electrons. The zero-order valence-corrected chi connectivity index (χ0v) is 14.0.